The van der Waals surface area contributed by atoms with Crippen LogP contribution in [-0.4, -0.2) is 6.29 Å². The quantitative estimate of drug-likeness (QED) is 0.371. The second kappa shape index (κ2) is 42.4. The largest absolute Gasteiger partial charge is 0 e. The van der Waals surface area contributed by atoms with Crippen molar-refractivity contribution in [3.8, 4) is 0 Å². The van der Waals surface area contributed by atoms with E-state index >= 15 is 0 Å². The van der Waals surface area contributed by atoms with Gasteiger partial charge in [0.15, 0.2) is 0 Å². The van der Waals surface area contributed by atoms with E-state index in [-0.39, 0.29) is 21.7 Å². The van der Waals surface area contributed by atoms with Crippen molar-refractivity contribution in [3.05, 3.63) is 0 Å². The van der Waals surface area contributed by atoms with Crippen molar-refractivity contribution in [2.45, 2.75) is 26.2 Å². The molecule has 0 saturated carbocycles. The summed E-state index contributed by atoms with van der Waals surface area (Å²) in [6.07, 6.45) is 4.51. The minimum atomic E-state index is 0. The maximum Gasteiger partial charge on any atom is 0 e. The molecule has 0 spiro atoms. The number of carbonyl (C=O) groups excluding carboxylic acids is 1. The Morgan fingerprint density at radius 3 is 1.82 bits per heavy atom. The minimum absolute atomic E-state index is 0. The maximum atomic E-state index is 9.44. The van der Waals surface area contributed by atoms with Crippen molar-refractivity contribution >= 4 is 6.29 Å². The zero-order valence-corrected chi connectivity index (χ0v) is 12.7. The van der Waals surface area contributed by atoms with Gasteiger partial charge in [0, 0.05) is 21.7 Å². The van der Waals surface area contributed by atoms with Gasteiger partial charge in [-0.3, -0.25) is 6.29 Å². The Labute approximate surface area is 104 Å². The fourth-order valence-electron chi connectivity index (χ4n) is 0.249. The van der Waals surface area contributed by atoms with Crippen LogP contribution in [0.25, 0.3) is 0 Å². The SMILES string of the molecule is CCCC[C-]=O.[O]=[Mo].[O]=[W].[Ti]. The first kappa shape index (κ1) is 22.8. The molecule has 0 amide bonds. The number of unbranched alkanes of at least 4 members (excludes halogenated alkanes) is 2. The van der Waals surface area contributed by atoms with E-state index in [4.69, 9.17) is 6.80 Å². The van der Waals surface area contributed by atoms with Crippen LogP contribution < -0.4 is 0 Å². The second-order valence-corrected chi connectivity index (χ2v) is 1.25. The molecule has 0 unspecified atom stereocenters. The van der Waals surface area contributed by atoms with E-state index in [1.165, 1.54) is 0 Å². The van der Waals surface area contributed by atoms with Gasteiger partial charge in [-0.1, -0.05) is 19.8 Å². The smallest absolute Gasteiger partial charge is 0 e. The summed E-state index contributed by atoms with van der Waals surface area (Å²) in [5, 5.41) is 0. The molecule has 0 aromatic carbocycles. The average molecular weight is 445 g/mol. The molecule has 0 saturated heterocycles. The third-order valence-electron chi connectivity index (χ3n) is 0.632. The van der Waals surface area contributed by atoms with Gasteiger partial charge < -0.3 is 4.79 Å². The Hall–Kier alpha value is 1.36. The molecule has 64 valence electrons. The third kappa shape index (κ3) is 52.3. The van der Waals surface area contributed by atoms with Crippen LogP contribution >= 0.6 is 0 Å². The van der Waals surface area contributed by atoms with E-state index in [2.05, 4.69) is 6.92 Å². The molecule has 0 N–H and O–H groups in total. The molecule has 0 aromatic heterocycles. The van der Waals surface area contributed by atoms with E-state index in [1.807, 2.05) is 6.29 Å². The molecule has 3 nitrogen and oxygen atoms in total. The molecule has 6 heteroatoms. The molecule has 0 fully saturated rings. The average Bonchev–Trinajstić information content (AvgIpc) is 2.08. The van der Waals surface area contributed by atoms with Gasteiger partial charge in [-0.05, 0) is 0 Å². The van der Waals surface area contributed by atoms with Crippen molar-refractivity contribution in [2.24, 2.45) is 0 Å². The monoisotopic (exact) mass is 447 g/mol. The molecule has 0 radical (unpaired) electrons. The van der Waals surface area contributed by atoms with E-state index in [9.17, 15) is 4.79 Å². The molecule has 0 aliphatic rings. The summed E-state index contributed by atoms with van der Waals surface area (Å²) < 4.78 is 16.6. The van der Waals surface area contributed by atoms with Gasteiger partial charge >= 0.3 is 46.3 Å². The van der Waals surface area contributed by atoms with Crippen LogP contribution in [0.3, 0.4) is 0 Å². The van der Waals surface area contributed by atoms with Crippen LogP contribution in [0.1, 0.15) is 26.2 Å². The van der Waals surface area contributed by atoms with Crippen molar-refractivity contribution in [1.82, 2.24) is 0 Å². The van der Waals surface area contributed by atoms with Crippen LogP contribution in [-0.2, 0) is 72.9 Å². The zero-order chi connectivity index (χ0) is 8.83. The fraction of sp³-hybridized carbons (Fsp3) is 0.800. The molecular formula is C5H9MoO3TiW-. The number of rotatable bonds is 3. The second-order valence-electron chi connectivity index (χ2n) is 1.25. The van der Waals surface area contributed by atoms with Gasteiger partial charge in [0.1, 0.15) is 0 Å². The molecule has 0 aromatic rings. The van der Waals surface area contributed by atoms with Crippen molar-refractivity contribution in [1.29, 1.82) is 0 Å². The number of hydrogen-bond donors (Lipinski definition) is 0. The molecule has 0 heterocycles. The molecule has 11 heavy (non-hydrogen) atoms. The molecule has 0 aliphatic heterocycles. The first-order valence-electron chi connectivity index (χ1n) is 2.60. The van der Waals surface area contributed by atoms with E-state index in [0.717, 1.165) is 12.8 Å². The Balaban J connectivity index is -0.0000000428. The Morgan fingerprint density at radius 1 is 1.36 bits per heavy atom. The minimum Gasteiger partial charge on any atom is 0 e. The fourth-order valence-corrected chi connectivity index (χ4v) is 0.249. The molecular weight excluding hydrogens is 436 g/mol. The molecule has 0 aliphatic carbocycles. The van der Waals surface area contributed by atoms with Crippen LogP contribution in [0.2, 0.25) is 0 Å². The number of hydrogen-bond acceptors (Lipinski definition) is 3. The van der Waals surface area contributed by atoms with E-state index in [1.54, 1.807) is 0 Å². The van der Waals surface area contributed by atoms with Gasteiger partial charge in [-0.25, -0.2) is 0 Å². The van der Waals surface area contributed by atoms with Gasteiger partial charge in [-0.15, -0.1) is 0 Å². The van der Waals surface area contributed by atoms with Crippen LogP contribution in [0.15, 0.2) is 0 Å². The predicted molar refractivity (Wildman–Crippen MR) is 26.6 cm³/mol. The van der Waals surface area contributed by atoms with Crippen molar-refractivity contribution in [3.63, 3.8) is 0 Å². The normalized spacial score (nSPS) is 5.18. The molecule has 0 atom stereocenters. The van der Waals surface area contributed by atoms with Gasteiger partial charge in [0.05, 0.1) is 0 Å². The summed E-state index contributed by atoms with van der Waals surface area (Å²) in [6.45, 7) is 2.05. The summed E-state index contributed by atoms with van der Waals surface area (Å²) >= 11 is 1.03. The summed E-state index contributed by atoms with van der Waals surface area (Å²) in [4.78, 5) is 9.44. The maximum absolute atomic E-state index is 9.44. The summed E-state index contributed by atoms with van der Waals surface area (Å²) in [7, 11) is 0. The van der Waals surface area contributed by atoms with Gasteiger partial charge in [0.25, 0.3) is 0 Å². The standard InChI is InChI=1S/C5H9O.Mo.2O.Ti.W/c1-2-3-4-5-6;;;;;/h2-4H2,1H3;;;;;/q-1;;;;;. The Bertz CT molecular complexity index is 65.7. The Kier molecular flexibility index (Phi) is 88.0. The van der Waals surface area contributed by atoms with Gasteiger partial charge in [0.2, 0.25) is 0 Å². The van der Waals surface area contributed by atoms with Crippen LogP contribution in [0.5, 0.6) is 0 Å². The first-order valence-corrected chi connectivity index (χ1v) is 4.62. The summed E-state index contributed by atoms with van der Waals surface area (Å²) in [5.41, 5.74) is 0. The summed E-state index contributed by atoms with van der Waals surface area (Å²) in [6, 6.07) is 0. The first-order chi connectivity index (χ1) is 4.91. The van der Waals surface area contributed by atoms with E-state index in [0.29, 0.717) is 46.0 Å². The molecule has 0 rings (SSSR count). The van der Waals surface area contributed by atoms with Crippen LogP contribution in [0.4, 0.5) is 0 Å². The topological polar surface area (TPSA) is 51.2 Å². The predicted octanol–water partition coefficient (Wildman–Crippen LogP) is 1.04. The van der Waals surface area contributed by atoms with Crippen LogP contribution in [0, 0.1) is 0 Å². The summed E-state index contributed by atoms with van der Waals surface area (Å²) in [5.74, 6) is 0. The third-order valence-corrected chi connectivity index (χ3v) is 0.632. The zero-order valence-electron chi connectivity index (χ0n) is 6.16. The van der Waals surface area contributed by atoms with E-state index < -0.39 is 0 Å². The Morgan fingerprint density at radius 2 is 1.73 bits per heavy atom. The van der Waals surface area contributed by atoms with Crippen molar-refractivity contribution in [2.75, 3.05) is 0 Å². The van der Waals surface area contributed by atoms with Gasteiger partial charge in [-0.2, -0.15) is 6.42 Å². The molecule has 0 bridgehead atoms. The van der Waals surface area contributed by atoms with Crippen molar-refractivity contribution < 1.29 is 72.9 Å².